The average Bonchev–Trinajstić information content (AvgIpc) is 2.43. The normalized spacial score (nSPS) is 13.5. The molecule has 0 radical (unpaired) electrons. The number of nitrogens with one attached hydrogen (secondary N) is 2. The van der Waals surface area contributed by atoms with Crippen LogP contribution in [0.1, 0.15) is 24.0 Å². The van der Waals surface area contributed by atoms with Gasteiger partial charge in [0, 0.05) is 6.54 Å². The Labute approximate surface area is 111 Å². The summed E-state index contributed by atoms with van der Waals surface area (Å²) in [4.78, 5) is 23.2. The fourth-order valence-electron chi connectivity index (χ4n) is 1.61. The Balaban J connectivity index is 2.71. The second kappa shape index (κ2) is 6.86. The predicted octanol–water partition coefficient (Wildman–Crippen LogP) is 0.0474. The molecule has 19 heavy (non-hydrogen) atoms. The van der Waals surface area contributed by atoms with Crippen LogP contribution in [0.15, 0.2) is 24.3 Å². The Hall–Kier alpha value is -1.92. The minimum absolute atomic E-state index is 0.0846. The maximum Gasteiger partial charge on any atom is 0.267 e. The highest BCUT2D eigenvalue weighted by Gasteiger charge is 2.22. The van der Waals surface area contributed by atoms with Crippen molar-refractivity contribution in [3.05, 3.63) is 35.4 Å². The van der Waals surface area contributed by atoms with Crippen LogP contribution in [0.5, 0.6) is 0 Å². The van der Waals surface area contributed by atoms with E-state index < -0.39 is 17.9 Å². The van der Waals surface area contributed by atoms with Crippen LogP contribution in [0.25, 0.3) is 0 Å². The van der Waals surface area contributed by atoms with E-state index in [1.54, 1.807) is 6.92 Å². The zero-order valence-electron chi connectivity index (χ0n) is 11.0. The van der Waals surface area contributed by atoms with Gasteiger partial charge in [0.2, 0.25) is 5.91 Å². The number of aryl methyl sites for hydroxylation is 1. The number of benzene rings is 1. The standard InChI is InChI=1S/C13H19N3O3/c1-8-3-5-10(6-4-8)9(2)12(17)15-11(7-14)13(18)16-19/h3-6,9,11,19H,7,14H2,1-2H3,(H,15,17)(H,16,18)/t9?,11-/m0/s1. The number of hydrogen-bond acceptors (Lipinski definition) is 4. The summed E-state index contributed by atoms with van der Waals surface area (Å²) in [5.74, 6) is -1.45. The molecule has 0 fully saturated rings. The maximum atomic E-state index is 12.0. The largest absolute Gasteiger partial charge is 0.343 e. The van der Waals surface area contributed by atoms with Crippen LogP contribution >= 0.6 is 0 Å². The minimum Gasteiger partial charge on any atom is -0.343 e. The van der Waals surface area contributed by atoms with E-state index in [1.807, 2.05) is 31.2 Å². The smallest absolute Gasteiger partial charge is 0.267 e. The number of rotatable bonds is 5. The molecule has 0 aliphatic carbocycles. The highest BCUT2D eigenvalue weighted by Crippen LogP contribution is 2.16. The van der Waals surface area contributed by atoms with Crippen LogP contribution in [0.4, 0.5) is 0 Å². The van der Waals surface area contributed by atoms with Gasteiger partial charge in [-0.3, -0.25) is 14.8 Å². The third kappa shape index (κ3) is 4.04. The molecule has 0 heterocycles. The van der Waals surface area contributed by atoms with Gasteiger partial charge in [-0.25, -0.2) is 5.48 Å². The van der Waals surface area contributed by atoms with Crippen molar-refractivity contribution >= 4 is 11.8 Å². The summed E-state index contributed by atoms with van der Waals surface area (Å²) >= 11 is 0. The summed E-state index contributed by atoms with van der Waals surface area (Å²) in [6.45, 7) is 3.62. The average molecular weight is 265 g/mol. The molecule has 5 N–H and O–H groups in total. The van der Waals surface area contributed by atoms with E-state index in [1.165, 1.54) is 5.48 Å². The molecule has 0 aromatic heterocycles. The molecule has 0 aliphatic rings. The molecule has 0 spiro atoms. The van der Waals surface area contributed by atoms with E-state index in [0.717, 1.165) is 11.1 Å². The van der Waals surface area contributed by atoms with Crippen molar-refractivity contribution in [3.63, 3.8) is 0 Å². The lowest BCUT2D eigenvalue weighted by Gasteiger charge is -2.18. The Kier molecular flexibility index (Phi) is 5.47. The molecule has 1 rings (SSSR count). The number of amides is 2. The second-order valence-corrected chi connectivity index (χ2v) is 4.41. The lowest BCUT2D eigenvalue weighted by atomic mass is 9.99. The first-order valence-electron chi connectivity index (χ1n) is 6.00. The van der Waals surface area contributed by atoms with Gasteiger partial charge in [0.05, 0.1) is 5.92 Å². The van der Waals surface area contributed by atoms with Crippen molar-refractivity contribution in [1.82, 2.24) is 10.8 Å². The van der Waals surface area contributed by atoms with Crippen LogP contribution in [0, 0.1) is 6.92 Å². The van der Waals surface area contributed by atoms with E-state index >= 15 is 0 Å². The molecule has 6 nitrogen and oxygen atoms in total. The zero-order valence-corrected chi connectivity index (χ0v) is 11.0. The Bertz CT molecular complexity index is 445. The van der Waals surface area contributed by atoms with Crippen LogP contribution in [0.2, 0.25) is 0 Å². The molecule has 1 aromatic carbocycles. The molecule has 0 bridgehead atoms. The van der Waals surface area contributed by atoms with Gasteiger partial charge >= 0.3 is 0 Å². The molecular weight excluding hydrogens is 246 g/mol. The number of nitrogens with two attached hydrogens (primary N) is 1. The molecule has 0 saturated heterocycles. The molecule has 2 atom stereocenters. The first kappa shape index (κ1) is 15.1. The van der Waals surface area contributed by atoms with Crippen LogP contribution in [0.3, 0.4) is 0 Å². The Morgan fingerprint density at radius 1 is 1.26 bits per heavy atom. The maximum absolute atomic E-state index is 12.0. The van der Waals surface area contributed by atoms with E-state index in [0.29, 0.717) is 0 Å². The first-order valence-corrected chi connectivity index (χ1v) is 6.00. The van der Waals surface area contributed by atoms with Crippen LogP contribution in [-0.4, -0.2) is 29.6 Å². The molecular formula is C13H19N3O3. The summed E-state index contributed by atoms with van der Waals surface area (Å²) in [6.07, 6.45) is 0. The van der Waals surface area contributed by atoms with Gasteiger partial charge in [0.15, 0.2) is 0 Å². The zero-order chi connectivity index (χ0) is 14.4. The molecule has 1 unspecified atom stereocenters. The summed E-state index contributed by atoms with van der Waals surface area (Å²) in [5.41, 5.74) is 8.80. The molecule has 1 aromatic rings. The summed E-state index contributed by atoms with van der Waals surface area (Å²) in [6, 6.07) is 6.62. The van der Waals surface area contributed by atoms with E-state index in [-0.39, 0.29) is 12.5 Å². The fraction of sp³-hybridized carbons (Fsp3) is 0.385. The van der Waals surface area contributed by atoms with Gasteiger partial charge in [-0.1, -0.05) is 29.8 Å². The van der Waals surface area contributed by atoms with Crippen LogP contribution in [-0.2, 0) is 9.59 Å². The second-order valence-electron chi connectivity index (χ2n) is 4.41. The topological polar surface area (TPSA) is 104 Å². The quantitative estimate of drug-likeness (QED) is 0.446. The highest BCUT2D eigenvalue weighted by molar-refractivity contribution is 5.90. The van der Waals surface area contributed by atoms with Crippen LogP contribution < -0.4 is 16.5 Å². The lowest BCUT2D eigenvalue weighted by molar-refractivity contribution is -0.134. The SMILES string of the molecule is Cc1ccc(C(C)C(=O)N[C@@H](CN)C(=O)NO)cc1. The van der Waals surface area contributed by atoms with Crippen molar-refractivity contribution in [1.29, 1.82) is 0 Å². The van der Waals surface area contributed by atoms with Gasteiger partial charge in [0.25, 0.3) is 5.91 Å². The minimum atomic E-state index is -0.939. The van der Waals surface area contributed by atoms with Gasteiger partial charge < -0.3 is 11.1 Å². The number of hydroxylamine groups is 1. The van der Waals surface area contributed by atoms with Crippen molar-refractivity contribution < 1.29 is 14.8 Å². The van der Waals surface area contributed by atoms with Gasteiger partial charge in [-0.05, 0) is 19.4 Å². The van der Waals surface area contributed by atoms with Crippen molar-refractivity contribution in [2.24, 2.45) is 5.73 Å². The summed E-state index contributed by atoms with van der Waals surface area (Å²) < 4.78 is 0. The van der Waals surface area contributed by atoms with Gasteiger partial charge in [-0.15, -0.1) is 0 Å². The van der Waals surface area contributed by atoms with E-state index in [9.17, 15) is 9.59 Å². The third-order valence-corrected chi connectivity index (χ3v) is 2.95. The fourth-order valence-corrected chi connectivity index (χ4v) is 1.61. The molecule has 0 aliphatic heterocycles. The summed E-state index contributed by atoms with van der Waals surface area (Å²) in [7, 11) is 0. The Morgan fingerprint density at radius 2 is 1.84 bits per heavy atom. The monoisotopic (exact) mass is 265 g/mol. The third-order valence-electron chi connectivity index (χ3n) is 2.95. The Morgan fingerprint density at radius 3 is 2.32 bits per heavy atom. The molecule has 6 heteroatoms. The van der Waals surface area contributed by atoms with E-state index in [4.69, 9.17) is 10.9 Å². The summed E-state index contributed by atoms with van der Waals surface area (Å²) in [5, 5.41) is 11.0. The van der Waals surface area contributed by atoms with Crippen molar-refractivity contribution in [3.8, 4) is 0 Å². The number of hydrogen-bond donors (Lipinski definition) is 4. The van der Waals surface area contributed by atoms with E-state index in [2.05, 4.69) is 5.32 Å². The highest BCUT2D eigenvalue weighted by atomic mass is 16.5. The lowest BCUT2D eigenvalue weighted by Crippen LogP contribution is -2.51. The van der Waals surface area contributed by atoms with Crippen molar-refractivity contribution in [2.75, 3.05) is 6.54 Å². The van der Waals surface area contributed by atoms with Crippen molar-refractivity contribution in [2.45, 2.75) is 25.8 Å². The number of carbonyl (C=O) groups is 2. The number of carbonyl (C=O) groups excluding carboxylic acids is 2. The van der Waals surface area contributed by atoms with Gasteiger partial charge in [-0.2, -0.15) is 0 Å². The van der Waals surface area contributed by atoms with Gasteiger partial charge in [0.1, 0.15) is 6.04 Å². The molecule has 104 valence electrons. The predicted molar refractivity (Wildman–Crippen MR) is 70.5 cm³/mol. The molecule has 0 saturated carbocycles. The molecule has 2 amide bonds. The first-order chi connectivity index (χ1) is 8.99.